The van der Waals surface area contributed by atoms with Crippen LogP contribution in [0.3, 0.4) is 0 Å². The van der Waals surface area contributed by atoms with Crippen LogP contribution < -0.4 is 4.74 Å². The highest BCUT2D eigenvalue weighted by molar-refractivity contribution is 5.72. The second-order valence-electron chi connectivity index (χ2n) is 2.52. The molecule has 0 aromatic carbocycles. The molecule has 1 atom stereocenters. The number of hydrogen-bond acceptors (Lipinski definition) is 3. The van der Waals surface area contributed by atoms with E-state index < -0.39 is 12.1 Å². The first-order valence-electron chi connectivity index (χ1n) is 4.04. The van der Waals surface area contributed by atoms with Crippen molar-refractivity contribution in [2.24, 2.45) is 0 Å². The van der Waals surface area contributed by atoms with Gasteiger partial charge in [0.25, 0.3) is 0 Å². The molecule has 13 heavy (non-hydrogen) atoms. The Kier molecular flexibility index (Phi) is 3.25. The van der Waals surface area contributed by atoms with E-state index in [0.29, 0.717) is 12.3 Å². The molecule has 0 aliphatic rings. The van der Waals surface area contributed by atoms with E-state index in [1.807, 2.05) is 0 Å². The SMILES string of the molecule is CCC(Oc1ccccn1)C(=O)O. The third-order valence-electron chi connectivity index (χ3n) is 1.55. The number of pyridine rings is 1. The number of carbonyl (C=O) groups is 1. The van der Waals surface area contributed by atoms with Gasteiger partial charge >= 0.3 is 5.97 Å². The maximum absolute atomic E-state index is 10.6. The summed E-state index contributed by atoms with van der Waals surface area (Å²) in [5.41, 5.74) is 0. The summed E-state index contributed by atoms with van der Waals surface area (Å²) in [7, 11) is 0. The van der Waals surface area contributed by atoms with Gasteiger partial charge < -0.3 is 9.84 Å². The van der Waals surface area contributed by atoms with Crippen molar-refractivity contribution in [2.75, 3.05) is 0 Å². The maximum Gasteiger partial charge on any atom is 0.344 e. The second kappa shape index (κ2) is 4.45. The average Bonchev–Trinajstić information content (AvgIpc) is 2.15. The molecular weight excluding hydrogens is 170 g/mol. The Morgan fingerprint density at radius 1 is 1.69 bits per heavy atom. The number of ether oxygens (including phenoxy) is 1. The molecule has 1 aromatic rings. The maximum atomic E-state index is 10.6. The monoisotopic (exact) mass is 181 g/mol. The molecule has 0 aliphatic carbocycles. The van der Waals surface area contributed by atoms with E-state index in [0.717, 1.165) is 0 Å². The Bertz CT molecular complexity index is 273. The van der Waals surface area contributed by atoms with Crippen LogP contribution in [0.25, 0.3) is 0 Å². The lowest BCUT2D eigenvalue weighted by Gasteiger charge is -2.11. The van der Waals surface area contributed by atoms with Crippen molar-refractivity contribution >= 4 is 5.97 Å². The van der Waals surface area contributed by atoms with Gasteiger partial charge in [0.2, 0.25) is 5.88 Å². The highest BCUT2D eigenvalue weighted by Crippen LogP contribution is 2.08. The molecule has 0 saturated heterocycles. The standard InChI is InChI=1S/C9H11NO3/c1-2-7(9(11)12)13-8-5-3-4-6-10-8/h3-7H,2H2,1H3,(H,11,12). The van der Waals surface area contributed by atoms with Crippen LogP contribution in [-0.4, -0.2) is 22.2 Å². The summed E-state index contributed by atoms with van der Waals surface area (Å²) in [4.78, 5) is 14.4. The van der Waals surface area contributed by atoms with Crippen molar-refractivity contribution in [2.45, 2.75) is 19.4 Å². The molecule has 1 aromatic heterocycles. The van der Waals surface area contributed by atoms with Gasteiger partial charge in [-0.3, -0.25) is 0 Å². The van der Waals surface area contributed by atoms with Crippen molar-refractivity contribution in [3.63, 3.8) is 0 Å². The number of carboxylic acids is 1. The van der Waals surface area contributed by atoms with E-state index in [4.69, 9.17) is 9.84 Å². The van der Waals surface area contributed by atoms with Crippen molar-refractivity contribution in [3.8, 4) is 5.88 Å². The average molecular weight is 181 g/mol. The minimum Gasteiger partial charge on any atom is -0.479 e. The Labute approximate surface area is 76.2 Å². The van der Waals surface area contributed by atoms with Crippen molar-refractivity contribution in [3.05, 3.63) is 24.4 Å². The number of hydrogen-bond donors (Lipinski definition) is 1. The van der Waals surface area contributed by atoms with E-state index in [1.165, 1.54) is 0 Å². The van der Waals surface area contributed by atoms with Crippen LogP contribution in [0.5, 0.6) is 5.88 Å². The van der Waals surface area contributed by atoms with Gasteiger partial charge in [-0.1, -0.05) is 13.0 Å². The number of aromatic nitrogens is 1. The minimum absolute atomic E-state index is 0.344. The van der Waals surface area contributed by atoms with Crippen LogP contribution in [0.2, 0.25) is 0 Å². The van der Waals surface area contributed by atoms with Crippen LogP contribution in [0.4, 0.5) is 0 Å². The summed E-state index contributed by atoms with van der Waals surface area (Å²) in [5.74, 6) is -0.620. The zero-order valence-electron chi connectivity index (χ0n) is 7.30. The molecule has 1 unspecified atom stereocenters. The van der Waals surface area contributed by atoms with Gasteiger partial charge in [0.05, 0.1) is 0 Å². The Morgan fingerprint density at radius 2 is 2.46 bits per heavy atom. The molecule has 0 saturated carbocycles. The fraction of sp³-hybridized carbons (Fsp3) is 0.333. The first-order chi connectivity index (χ1) is 6.24. The largest absolute Gasteiger partial charge is 0.479 e. The molecular formula is C9H11NO3. The normalized spacial score (nSPS) is 12.1. The van der Waals surface area contributed by atoms with Gasteiger partial charge in [-0.2, -0.15) is 0 Å². The lowest BCUT2D eigenvalue weighted by molar-refractivity contribution is -0.145. The molecule has 4 nitrogen and oxygen atoms in total. The zero-order valence-corrected chi connectivity index (χ0v) is 7.30. The molecule has 0 fully saturated rings. The van der Waals surface area contributed by atoms with E-state index in [2.05, 4.69) is 4.98 Å². The molecule has 1 N–H and O–H groups in total. The zero-order chi connectivity index (χ0) is 9.68. The smallest absolute Gasteiger partial charge is 0.344 e. The number of rotatable bonds is 4. The second-order valence-corrected chi connectivity index (χ2v) is 2.52. The van der Waals surface area contributed by atoms with Gasteiger partial charge in [-0.15, -0.1) is 0 Å². The molecule has 0 radical (unpaired) electrons. The van der Waals surface area contributed by atoms with E-state index in [1.54, 1.807) is 31.3 Å². The van der Waals surface area contributed by atoms with Crippen LogP contribution in [0.1, 0.15) is 13.3 Å². The quantitative estimate of drug-likeness (QED) is 0.761. The molecule has 1 rings (SSSR count). The molecule has 70 valence electrons. The molecule has 0 aliphatic heterocycles. The highest BCUT2D eigenvalue weighted by atomic mass is 16.5. The first kappa shape index (κ1) is 9.51. The molecule has 4 heteroatoms. The van der Waals surface area contributed by atoms with Crippen molar-refractivity contribution in [1.29, 1.82) is 0 Å². The van der Waals surface area contributed by atoms with Gasteiger partial charge in [0.1, 0.15) is 0 Å². The van der Waals surface area contributed by atoms with Crippen molar-refractivity contribution in [1.82, 2.24) is 4.98 Å². The predicted octanol–water partition coefficient (Wildman–Crippen LogP) is 1.32. The fourth-order valence-corrected chi connectivity index (χ4v) is 0.871. The van der Waals surface area contributed by atoms with Crippen molar-refractivity contribution < 1.29 is 14.6 Å². The summed E-state index contributed by atoms with van der Waals surface area (Å²) in [6.45, 7) is 1.75. The number of aliphatic carboxylic acids is 1. The molecule has 0 spiro atoms. The Morgan fingerprint density at radius 3 is 2.92 bits per heavy atom. The van der Waals surface area contributed by atoms with Gasteiger partial charge in [0, 0.05) is 12.3 Å². The number of carboxylic acid groups (broad SMARTS) is 1. The minimum atomic E-state index is -0.965. The summed E-state index contributed by atoms with van der Waals surface area (Å²) in [6.07, 6.45) is 1.17. The number of nitrogens with zero attached hydrogens (tertiary/aromatic N) is 1. The highest BCUT2D eigenvalue weighted by Gasteiger charge is 2.16. The van der Waals surface area contributed by atoms with Crippen LogP contribution in [-0.2, 0) is 4.79 Å². The van der Waals surface area contributed by atoms with Gasteiger partial charge in [-0.05, 0) is 12.5 Å². The Hall–Kier alpha value is -1.58. The lowest BCUT2D eigenvalue weighted by atomic mass is 10.3. The van der Waals surface area contributed by atoms with Gasteiger partial charge in [-0.25, -0.2) is 9.78 Å². The third-order valence-corrected chi connectivity index (χ3v) is 1.55. The van der Waals surface area contributed by atoms with Crippen LogP contribution in [0.15, 0.2) is 24.4 Å². The topological polar surface area (TPSA) is 59.4 Å². The van der Waals surface area contributed by atoms with E-state index in [9.17, 15) is 4.79 Å². The summed E-state index contributed by atoms with van der Waals surface area (Å²) < 4.78 is 5.11. The van der Waals surface area contributed by atoms with E-state index in [-0.39, 0.29) is 0 Å². The molecule has 1 heterocycles. The predicted molar refractivity (Wildman–Crippen MR) is 46.6 cm³/mol. The molecule has 0 bridgehead atoms. The summed E-state index contributed by atoms with van der Waals surface area (Å²) >= 11 is 0. The van der Waals surface area contributed by atoms with E-state index >= 15 is 0 Å². The van der Waals surface area contributed by atoms with Gasteiger partial charge in [0.15, 0.2) is 6.10 Å². The summed E-state index contributed by atoms with van der Waals surface area (Å²) in [6, 6.07) is 5.12. The third kappa shape index (κ3) is 2.74. The lowest BCUT2D eigenvalue weighted by Crippen LogP contribution is -2.26. The van der Waals surface area contributed by atoms with Crippen LogP contribution in [0, 0.1) is 0 Å². The fourth-order valence-electron chi connectivity index (χ4n) is 0.871. The Balaban J connectivity index is 2.62. The first-order valence-corrected chi connectivity index (χ1v) is 4.04. The van der Waals surface area contributed by atoms with Crippen LogP contribution >= 0.6 is 0 Å². The summed E-state index contributed by atoms with van der Waals surface area (Å²) in [5, 5.41) is 8.68. The molecule has 0 amide bonds.